The van der Waals surface area contributed by atoms with E-state index in [1.165, 1.54) is 12.3 Å². The Balaban J connectivity index is 2.10. The highest BCUT2D eigenvalue weighted by atomic mass is 79.9. The second-order valence-corrected chi connectivity index (χ2v) is 8.92. The molecule has 2 rings (SSSR count). The molecule has 20 heavy (non-hydrogen) atoms. The predicted molar refractivity (Wildman–Crippen MR) is 86.2 cm³/mol. The van der Waals surface area contributed by atoms with Gasteiger partial charge in [0.15, 0.2) is 0 Å². The number of rotatable bonds is 5. The van der Waals surface area contributed by atoms with Gasteiger partial charge in [-0.15, -0.1) is 0 Å². The lowest BCUT2D eigenvalue weighted by atomic mass is 10.3. The minimum absolute atomic E-state index is 0.0116. The van der Waals surface area contributed by atoms with Crippen LogP contribution in [0.3, 0.4) is 0 Å². The largest absolute Gasteiger partial charge is 0.383 e. The standard InChI is InChI=1S/C12H18BrN3O2S2/c1-2-19-10-4-3-9(6-10)16-20(17,18)11-5-8(13)7-15-12(11)14/h5,7,9-10,16H,2-4,6H2,1H3,(H2,14,15). The molecule has 1 aliphatic carbocycles. The smallest absolute Gasteiger partial charge is 0.244 e. The van der Waals surface area contributed by atoms with Crippen molar-refractivity contribution in [3.63, 3.8) is 0 Å². The molecule has 0 saturated heterocycles. The van der Waals surface area contributed by atoms with E-state index < -0.39 is 10.0 Å². The van der Waals surface area contributed by atoms with Crippen molar-refractivity contribution in [3.05, 3.63) is 16.7 Å². The summed E-state index contributed by atoms with van der Waals surface area (Å²) in [5, 5.41) is 0.547. The van der Waals surface area contributed by atoms with Crippen molar-refractivity contribution in [2.45, 2.75) is 42.4 Å². The van der Waals surface area contributed by atoms with Crippen LogP contribution in [-0.2, 0) is 10.0 Å². The highest BCUT2D eigenvalue weighted by Crippen LogP contribution is 2.31. The third-order valence-electron chi connectivity index (χ3n) is 3.25. The van der Waals surface area contributed by atoms with Gasteiger partial charge in [0.25, 0.3) is 0 Å². The quantitative estimate of drug-likeness (QED) is 0.819. The molecule has 0 aliphatic heterocycles. The summed E-state index contributed by atoms with van der Waals surface area (Å²) in [6, 6.07) is 1.47. The summed E-state index contributed by atoms with van der Waals surface area (Å²) in [5.41, 5.74) is 5.67. The molecule has 3 N–H and O–H groups in total. The Hall–Kier alpha value is -0.310. The van der Waals surface area contributed by atoms with Crippen molar-refractivity contribution in [1.82, 2.24) is 9.71 Å². The second kappa shape index (κ2) is 6.64. The van der Waals surface area contributed by atoms with E-state index in [4.69, 9.17) is 5.73 Å². The Morgan fingerprint density at radius 1 is 1.55 bits per heavy atom. The number of hydrogen-bond donors (Lipinski definition) is 2. The maximum Gasteiger partial charge on any atom is 0.244 e. The molecule has 1 aromatic rings. The lowest BCUT2D eigenvalue weighted by molar-refractivity contribution is 0.552. The molecule has 1 aromatic heterocycles. The SMILES string of the molecule is CCSC1CCC(NS(=O)(=O)c2cc(Br)cnc2N)C1. The summed E-state index contributed by atoms with van der Waals surface area (Å²) in [5.74, 6) is 1.09. The van der Waals surface area contributed by atoms with Crippen LogP contribution >= 0.6 is 27.7 Å². The fourth-order valence-corrected chi connectivity index (χ4v) is 5.38. The number of halogens is 1. The van der Waals surface area contributed by atoms with Crippen molar-refractivity contribution in [3.8, 4) is 0 Å². The first-order valence-electron chi connectivity index (χ1n) is 6.47. The van der Waals surface area contributed by atoms with Gasteiger partial charge in [0.2, 0.25) is 10.0 Å². The van der Waals surface area contributed by atoms with Gasteiger partial charge in [-0.05, 0) is 47.0 Å². The van der Waals surface area contributed by atoms with Gasteiger partial charge in [0, 0.05) is 22.0 Å². The Bertz CT molecular complexity index is 580. The molecule has 1 fully saturated rings. The summed E-state index contributed by atoms with van der Waals surface area (Å²) in [7, 11) is -3.61. The summed E-state index contributed by atoms with van der Waals surface area (Å²) in [6.45, 7) is 2.12. The van der Waals surface area contributed by atoms with Gasteiger partial charge in [0.1, 0.15) is 10.7 Å². The fourth-order valence-electron chi connectivity index (χ4n) is 2.36. The van der Waals surface area contributed by atoms with E-state index in [0.717, 1.165) is 25.0 Å². The summed E-state index contributed by atoms with van der Waals surface area (Å²) in [6.07, 6.45) is 4.28. The number of nitrogens with zero attached hydrogens (tertiary/aromatic N) is 1. The molecule has 2 atom stereocenters. The van der Waals surface area contributed by atoms with Crippen LogP contribution in [0, 0.1) is 0 Å². The van der Waals surface area contributed by atoms with Crippen LogP contribution in [0.25, 0.3) is 0 Å². The average molecular weight is 380 g/mol. The number of anilines is 1. The number of aromatic nitrogens is 1. The van der Waals surface area contributed by atoms with Crippen LogP contribution in [-0.4, -0.2) is 30.4 Å². The number of nitrogens with one attached hydrogen (secondary N) is 1. The van der Waals surface area contributed by atoms with Crippen LogP contribution in [0.2, 0.25) is 0 Å². The first-order valence-corrected chi connectivity index (χ1v) is 9.80. The highest BCUT2D eigenvalue weighted by molar-refractivity contribution is 9.10. The van der Waals surface area contributed by atoms with Gasteiger partial charge in [0.05, 0.1) is 0 Å². The third kappa shape index (κ3) is 3.87. The molecule has 0 bridgehead atoms. The van der Waals surface area contributed by atoms with Crippen LogP contribution in [0.15, 0.2) is 21.6 Å². The van der Waals surface area contributed by atoms with Crippen molar-refractivity contribution in [2.24, 2.45) is 0 Å². The van der Waals surface area contributed by atoms with E-state index in [9.17, 15) is 8.42 Å². The van der Waals surface area contributed by atoms with Crippen LogP contribution in [0.4, 0.5) is 5.82 Å². The van der Waals surface area contributed by atoms with E-state index in [-0.39, 0.29) is 16.8 Å². The summed E-state index contributed by atoms with van der Waals surface area (Å²) < 4.78 is 28.1. The molecular weight excluding hydrogens is 362 g/mol. The van der Waals surface area contributed by atoms with Gasteiger partial charge in [-0.3, -0.25) is 0 Å². The number of nitrogens with two attached hydrogens (primary N) is 1. The maximum atomic E-state index is 12.4. The van der Waals surface area contributed by atoms with Crippen molar-refractivity contribution >= 4 is 43.5 Å². The van der Waals surface area contributed by atoms with Crippen molar-refractivity contribution in [1.29, 1.82) is 0 Å². The zero-order chi connectivity index (χ0) is 14.8. The molecule has 5 nitrogen and oxygen atoms in total. The summed E-state index contributed by atoms with van der Waals surface area (Å²) in [4.78, 5) is 3.91. The molecule has 1 saturated carbocycles. The van der Waals surface area contributed by atoms with Gasteiger partial charge in [-0.25, -0.2) is 18.1 Å². The Morgan fingerprint density at radius 2 is 2.30 bits per heavy atom. The fraction of sp³-hybridized carbons (Fsp3) is 0.583. The number of pyridine rings is 1. The molecular formula is C12H18BrN3O2S2. The molecule has 112 valence electrons. The molecule has 0 radical (unpaired) electrons. The van der Waals surface area contributed by atoms with E-state index in [0.29, 0.717) is 9.72 Å². The molecule has 0 aromatic carbocycles. The Morgan fingerprint density at radius 3 is 3.00 bits per heavy atom. The van der Waals surface area contributed by atoms with Gasteiger partial charge >= 0.3 is 0 Å². The van der Waals surface area contributed by atoms with Crippen molar-refractivity contribution < 1.29 is 8.42 Å². The van der Waals surface area contributed by atoms with Crippen LogP contribution in [0.5, 0.6) is 0 Å². The van der Waals surface area contributed by atoms with Crippen LogP contribution < -0.4 is 10.5 Å². The zero-order valence-corrected chi connectivity index (χ0v) is 14.4. The topological polar surface area (TPSA) is 85.1 Å². The lowest BCUT2D eigenvalue weighted by Crippen LogP contribution is -2.33. The third-order valence-corrected chi connectivity index (χ3v) is 6.46. The number of thioether (sulfide) groups is 1. The van der Waals surface area contributed by atoms with E-state index in [1.54, 1.807) is 0 Å². The lowest BCUT2D eigenvalue weighted by Gasteiger charge is -2.14. The van der Waals surface area contributed by atoms with Crippen LogP contribution in [0.1, 0.15) is 26.2 Å². The van der Waals surface area contributed by atoms with E-state index in [2.05, 4.69) is 32.6 Å². The number of sulfonamides is 1. The normalized spacial score (nSPS) is 23.1. The van der Waals surface area contributed by atoms with Gasteiger partial charge in [-0.1, -0.05) is 6.92 Å². The molecule has 2 unspecified atom stereocenters. The molecule has 0 spiro atoms. The van der Waals surface area contributed by atoms with Crippen molar-refractivity contribution in [2.75, 3.05) is 11.5 Å². The monoisotopic (exact) mass is 379 g/mol. The number of nitrogen functional groups attached to an aromatic ring is 1. The minimum atomic E-state index is -3.61. The zero-order valence-electron chi connectivity index (χ0n) is 11.2. The average Bonchev–Trinajstić information content (AvgIpc) is 2.79. The van der Waals surface area contributed by atoms with Gasteiger partial charge in [-0.2, -0.15) is 11.8 Å². The summed E-state index contributed by atoms with van der Waals surface area (Å²) >= 11 is 5.11. The highest BCUT2D eigenvalue weighted by Gasteiger charge is 2.29. The Labute approximate surface area is 132 Å². The predicted octanol–water partition coefficient (Wildman–Crippen LogP) is 2.38. The molecule has 1 heterocycles. The van der Waals surface area contributed by atoms with E-state index in [1.807, 2.05) is 11.8 Å². The maximum absolute atomic E-state index is 12.4. The van der Waals surface area contributed by atoms with Gasteiger partial charge < -0.3 is 5.73 Å². The minimum Gasteiger partial charge on any atom is -0.383 e. The molecule has 0 amide bonds. The Kier molecular flexibility index (Phi) is 5.33. The first kappa shape index (κ1) is 16.1. The molecule has 1 aliphatic rings. The van der Waals surface area contributed by atoms with E-state index >= 15 is 0 Å². The first-order chi connectivity index (χ1) is 9.42. The number of hydrogen-bond acceptors (Lipinski definition) is 5. The molecule has 8 heteroatoms. The second-order valence-electron chi connectivity index (χ2n) is 4.75.